The molecule has 26 heavy (non-hydrogen) atoms. The highest BCUT2D eigenvalue weighted by atomic mass is 35.5. The lowest BCUT2D eigenvalue weighted by atomic mass is 9.99. The molecule has 1 heterocycles. The molecule has 1 N–H and O–H groups in total. The Hall–Kier alpha value is -0.900. The molecular formula is C15H18Cl2F6N2O. The smallest absolute Gasteiger partial charge is 0.404 e. The van der Waals surface area contributed by atoms with Gasteiger partial charge in [-0.25, -0.2) is 0 Å². The first-order chi connectivity index (χ1) is 11.6. The number of hydrogen-bond donors (Lipinski definition) is 1. The van der Waals surface area contributed by atoms with Crippen molar-refractivity contribution in [1.82, 2.24) is 10.2 Å². The van der Waals surface area contributed by atoms with E-state index in [0.717, 1.165) is 6.07 Å². The molecule has 0 saturated carbocycles. The van der Waals surface area contributed by atoms with Crippen LogP contribution in [-0.2, 0) is 0 Å². The van der Waals surface area contributed by atoms with Crippen LogP contribution in [0.15, 0.2) is 18.2 Å². The summed E-state index contributed by atoms with van der Waals surface area (Å²) in [6.07, 6.45) is -10.4. The van der Waals surface area contributed by atoms with Gasteiger partial charge in [0, 0.05) is 38.6 Å². The van der Waals surface area contributed by atoms with Gasteiger partial charge in [-0.05, 0) is 24.1 Å². The van der Waals surface area contributed by atoms with Crippen molar-refractivity contribution in [2.24, 2.45) is 0 Å². The Labute approximate surface area is 158 Å². The van der Waals surface area contributed by atoms with Gasteiger partial charge in [0.25, 0.3) is 0 Å². The van der Waals surface area contributed by atoms with Gasteiger partial charge in [-0.15, -0.1) is 25.6 Å². The van der Waals surface area contributed by atoms with Gasteiger partial charge in [0.1, 0.15) is 5.75 Å². The van der Waals surface area contributed by atoms with Crippen LogP contribution in [0, 0.1) is 0 Å². The molecule has 0 aromatic heterocycles. The largest absolute Gasteiger partial charge is 0.573 e. The predicted molar refractivity (Wildman–Crippen MR) is 87.9 cm³/mol. The third-order valence-electron chi connectivity index (χ3n) is 3.86. The highest BCUT2D eigenvalue weighted by molar-refractivity contribution is 6.32. The second-order valence-corrected chi connectivity index (χ2v) is 6.10. The Morgan fingerprint density at radius 2 is 1.73 bits per heavy atom. The van der Waals surface area contributed by atoms with Gasteiger partial charge in [0.05, 0.1) is 5.02 Å². The molecule has 0 amide bonds. The Kier molecular flexibility index (Phi) is 8.32. The summed E-state index contributed by atoms with van der Waals surface area (Å²) in [5.74, 6) is -0.576. The molecule has 0 spiro atoms. The summed E-state index contributed by atoms with van der Waals surface area (Å²) in [7, 11) is 0. The first-order valence-corrected chi connectivity index (χ1v) is 8.00. The molecule has 1 aliphatic rings. The standard InChI is InChI=1S/C15H17ClF6N2O.ClH/c16-11-9-10(1-2-13(11)25-15(20,21)22)12(3-4-14(17,18)19)24-7-5-23-6-8-24;/h1-2,9,12,23H,3-8H2;1H/t12-;/m0./s1. The van der Waals surface area contributed by atoms with Crippen LogP contribution in [0.4, 0.5) is 26.3 Å². The average molecular weight is 427 g/mol. The highest BCUT2D eigenvalue weighted by Crippen LogP contribution is 2.36. The highest BCUT2D eigenvalue weighted by Gasteiger charge is 2.33. The fraction of sp³-hybridized carbons (Fsp3) is 0.600. The SMILES string of the molecule is Cl.FC(F)(F)CC[C@@H](c1ccc(OC(F)(F)F)c(Cl)c1)N1CCNCC1. The number of piperazine rings is 1. The Bertz CT molecular complexity index is 576. The maximum Gasteiger partial charge on any atom is 0.573 e. The Morgan fingerprint density at radius 1 is 1.12 bits per heavy atom. The summed E-state index contributed by atoms with van der Waals surface area (Å²) in [6.45, 7) is 2.35. The third kappa shape index (κ3) is 7.38. The molecule has 1 fully saturated rings. The van der Waals surface area contributed by atoms with Crippen molar-refractivity contribution in [2.45, 2.75) is 31.4 Å². The monoisotopic (exact) mass is 426 g/mol. The maximum absolute atomic E-state index is 12.6. The van der Waals surface area contributed by atoms with Crippen molar-refractivity contribution in [3.8, 4) is 5.75 Å². The van der Waals surface area contributed by atoms with Crippen molar-refractivity contribution in [1.29, 1.82) is 0 Å². The average Bonchev–Trinajstić information content (AvgIpc) is 2.49. The van der Waals surface area contributed by atoms with Crippen molar-refractivity contribution in [2.75, 3.05) is 26.2 Å². The molecular weight excluding hydrogens is 409 g/mol. The van der Waals surface area contributed by atoms with Crippen molar-refractivity contribution < 1.29 is 31.1 Å². The summed E-state index contributed by atoms with van der Waals surface area (Å²) in [4.78, 5) is 1.87. The zero-order chi connectivity index (χ0) is 18.7. The molecule has 0 aliphatic carbocycles. The van der Waals surface area contributed by atoms with Gasteiger partial charge in [-0.2, -0.15) is 13.2 Å². The van der Waals surface area contributed by atoms with Crippen LogP contribution in [-0.4, -0.2) is 43.6 Å². The summed E-state index contributed by atoms with van der Waals surface area (Å²) in [5.41, 5.74) is 0.436. The molecule has 0 bridgehead atoms. The number of benzene rings is 1. The van der Waals surface area contributed by atoms with Gasteiger partial charge in [0.2, 0.25) is 0 Å². The van der Waals surface area contributed by atoms with Crippen molar-refractivity contribution >= 4 is 24.0 Å². The van der Waals surface area contributed by atoms with Gasteiger partial charge in [-0.3, -0.25) is 4.90 Å². The van der Waals surface area contributed by atoms with Crippen LogP contribution in [0.5, 0.6) is 5.75 Å². The summed E-state index contributed by atoms with van der Waals surface area (Å²) >= 11 is 5.83. The first-order valence-electron chi connectivity index (χ1n) is 7.62. The molecule has 3 nitrogen and oxygen atoms in total. The minimum Gasteiger partial charge on any atom is -0.404 e. The molecule has 150 valence electrons. The molecule has 2 rings (SSSR count). The number of nitrogens with one attached hydrogen (secondary N) is 1. The van der Waals surface area contributed by atoms with Gasteiger partial charge in [0.15, 0.2) is 0 Å². The van der Waals surface area contributed by atoms with E-state index in [1.807, 2.05) is 4.90 Å². The fourth-order valence-corrected chi connectivity index (χ4v) is 3.01. The van der Waals surface area contributed by atoms with Crippen LogP contribution in [0.25, 0.3) is 0 Å². The van der Waals surface area contributed by atoms with E-state index in [2.05, 4.69) is 10.1 Å². The molecule has 11 heteroatoms. The second-order valence-electron chi connectivity index (χ2n) is 5.69. The molecule has 0 radical (unpaired) electrons. The number of ether oxygens (including phenoxy) is 1. The number of hydrogen-bond acceptors (Lipinski definition) is 3. The Balaban J connectivity index is 0.00000338. The lowest BCUT2D eigenvalue weighted by molar-refractivity contribution is -0.274. The number of alkyl halides is 6. The molecule has 1 saturated heterocycles. The molecule has 1 atom stereocenters. The van der Waals surface area contributed by atoms with Crippen LogP contribution in [0.3, 0.4) is 0 Å². The lowest BCUT2D eigenvalue weighted by Crippen LogP contribution is -2.45. The van der Waals surface area contributed by atoms with Gasteiger partial charge >= 0.3 is 12.5 Å². The minimum atomic E-state index is -4.89. The van der Waals surface area contributed by atoms with Gasteiger partial charge < -0.3 is 10.1 Å². The topological polar surface area (TPSA) is 24.5 Å². The van der Waals surface area contributed by atoms with E-state index >= 15 is 0 Å². The summed E-state index contributed by atoms with van der Waals surface area (Å²) in [6, 6.07) is 3.02. The van der Waals surface area contributed by atoms with E-state index < -0.39 is 30.8 Å². The first kappa shape index (κ1) is 23.1. The van der Waals surface area contributed by atoms with E-state index in [1.165, 1.54) is 12.1 Å². The molecule has 0 unspecified atom stereocenters. The van der Waals surface area contributed by atoms with Crippen LogP contribution in [0.1, 0.15) is 24.4 Å². The molecule has 1 aromatic carbocycles. The number of rotatable bonds is 5. The van der Waals surface area contributed by atoms with Crippen molar-refractivity contribution in [3.63, 3.8) is 0 Å². The van der Waals surface area contributed by atoms with Gasteiger partial charge in [-0.1, -0.05) is 17.7 Å². The van der Waals surface area contributed by atoms with E-state index in [1.54, 1.807) is 0 Å². The lowest BCUT2D eigenvalue weighted by Gasteiger charge is -2.35. The predicted octanol–water partition coefficient (Wildman–Crippen LogP) is 4.95. The van der Waals surface area contributed by atoms with E-state index in [0.29, 0.717) is 31.7 Å². The van der Waals surface area contributed by atoms with Crippen LogP contribution >= 0.6 is 24.0 Å². The zero-order valence-corrected chi connectivity index (χ0v) is 15.0. The summed E-state index contributed by atoms with van der Waals surface area (Å²) < 4.78 is 78.6. The maximum atomic E-state index is 12.6. The number of halogens is 8. The Morgan fingerprint density at radius 3 is 2.23 bits per heavy atom. The number of nitrogens with zero attached hydrogens (tertiary/aromatic N) is 1. The van der Waals surface area contributed by atoms with E-state index in [4.69, 9.17) is 11.6 Å². The van der Waals surface area contributed by atoms with Crippen LogP contribution < -0.4 is 10.1 Å². The fourth-order valence-electron chi connectivity index (χ4n) is 2.79. The van der Waals surface area contributed by atoms with E-state index in [9.17, 15) is 26.3 Å². The quantitative estimate of drug-likeness (QED) is 0.674. The summed E-state index contributed by atoms with van der Waals surface area (Å²) in [5, 5.41) is 2.81. The van der Waals surface area contributed by atoms with Crippen molar-refractivity contribution in [3.05, 3.63) is 28.8 Å². The third-order valence-corrected chi connectivity index (χ3v) is 4.16. The molecule has 1 aromatic rings. The van der Waals surface area contributed by atoms with Crippen LogP contribution in [0.2, 0.25) is 5.02 Å². The van der Waals surface area contributed by atoms with E-state index in [-0.39, 0.29) is 23.9 Å². The second kappa shape index (κ2) is 9.34. The normalized spacial score (nSPS) is 17.5. The molecule has 1 aliphatic heterocycles. The minimum absolute atomic E-state index is 0. The zero-order valence-electron chi connectivity index (χ0n) is 13.5.